The number of aliphatic hydroxyl groups excluding tert-OH is 1. The largest absolute Gasteiger partial charge is 0.462 e. The summed E-state index contributed by atoms with van der Waals surface area (Å²) in [5.74, 6) is -0.222. The van der Waals surface area contributed by atoms with Gasteiger partial charge in [-0.25, -0.2) is 0 Å². The van der Waals surface area contributed by atoms with E-state index in [0.29, 0.717) is 0 Å². The molecule has 2 fully saturated rings. The topological polar surface area (TPSA) is 46.5 Å². The summed E-state index contributed by atoms with van der Waals surface area (Å²) >= 11 is 0. The maximum atomic E-state index is 10.7. The molecule has 2 unspecified atom stereocenters. The van der Waals surface area contributed by atoms with Crippen LogP contribution < -0.4 is 0 Å². The van der Waals surface area contributed by atoms with E-state index in [1.165, 1.54) is 6.92 Å². The highest BCUT2D eigenvalue weighted by atomic mass is 16.5. The second kappa shape index (κ2) is 2.46. The van der Waals surface area contributed by atoms with Crippen LogP contribution in [0.3, 0.4) is 0 Å². The van der Waals surface area contributed by atoms with Crippen molar-refractivity contribution in [3.63, 3.8) is 0 Å². The molecule has 0 aromatic carbocycles. The minimum atomic E-state index is -0.234. The monoisotopic (exact) mass is 170 g/mol. The van der Waals surface area contributed by atoms with Crippen LogP contribution in [0.5, 0.6) is 0 Å². The summed E-state index contributed by atoms with van der Waals surface area (Å²) in [7, 11) is 0. The van der Waals surface area contributed by atoms with Gasteiger partial charge in [-0.2, -0.15) is 0 Å². The summed E-state index contributed by atoms with van der Waals surface area (Å²) in [5, 5.41) is 9.61. The van der Waals surface area contributed by atoms with E-state index >= 15 is 0 Å². The third-order valence-electron chi connectivity index (χ3n) is 3.14. The van der Waals surface area contributed by atoms with E-state index < -0.39 is 0 Å². The summed E-state index contributed by atoms with van der Waals surface area (Å²) < 4.78 is 5.16. The van der Waals surface area contributed by atoms with Crippen LogP contribution in [-0.2, 0) is 9.53 Å². The van der Waals surface area contributed by atoms with Gasteiger partial charge in [0.05, 0.1) is 6.10 Å². The molecule has 0 saturated heterocycles. The van der Waals surface area contributed by atoms with E-state index in [9.17, 15) is 9.90 Å². The maximum Gasteiger partial charge on any atom is 0.302 e. The van der Waals surface area contributed by atoms with Crippen molar-refractivity contribution in [2.45, 2.75) is 44.8 Å². The maximum absolute atomic E-state index is 10.7. The number of ether oxygens (including phenoxy) is 1. The van der Waals surface area contributed by atoms with Crippen molar-refractivity contribution in [3.8, 4) is 0 Å². The van der Waals surface area contributed by atoms with Crippen molar-refractivity contribution in [1.82, 2.24) is 0 Å². The lowest BCUT2D eigenvalue weighted by atomic mass is 10.0. The first-order valence-corrected chi connectivity index (χ1v) is 4.50. The summed E-state index contributed by atoms with van der Waals surface area (Å²) in [4.78, 5) is 10.7. The summed E-state index contributed by atoms with van der Waals surface area (Å²) in [6, 6.07) is 0. The summed E-state index contributed by atoms with van der Waals surface area (Å²) in [5.41, 5.74) is -0.0360. The normalized spacial score (nSPS) is 36.8. The number of rotatable bonds is 1. The Morgan fingerprint density at radius 2 is 2.17 bits per heavy atom. The molecule has 2 aliphatic rings. The van der Waals surface area contributed by atoms with Crippen molar-refractivity contribution in [2.75, 3.05) is 0 Å². The molecule has 3 heteroatoms. The molecule has 0 aromatic heterocycles. The first kappa shape index (κ1) is 8.05. The molecule has 68 valence electrons. The highest BCUT2D eigenvalue weighted by Gasteiger charge is 2.59. The van der Waals surface area contributed by atoms with Gasteiger partial charge in [0.2, 0.25) is 0 Å². The van der Waals surface area contributed by atoms with Crippen LogP contribution in [0.25, 0.3) is 0 Å². The average molecular weight is 170 g/mol. The van der Waals surface area contributed by atoms with Crippen LogP contribution in [0, 0.1) is 5.41 Å². The Morgan fingerprint density at radius 3 is 2.67 bits per heavy atom. The molecule has 0 radical (unpaired) electrons. The highest BCUT2D eigenvalue weighted by molar-refractivity contribution is 5.66. The number of carbonyl (C=O) groups excluding carboxylic acids is 1. The molecule has 0 bridgehead atoms. The lowest BCUT2D eigenvalue weighted by Gasteiger charge is -2.20. The second-order valence-corrected chi connectivity index (χ2v) is 3.92. The quantitative estimate of drug-likeness (QED) is 0.593. The second-order valence-electron chi connectivity index (χ2n) is 3.92. The minimum Gasteiger partial charge on any atom is -0.462 e. The Morgan fingerprint density at radius 1 is 1.50 bits per heavy atom. The zero-order valence-electron chi connectivity index (χ0n) is 7.25. The fourth-order valence-electron chi connectivity index (χ4n) is 2.27. The van der Waals surface area contributed by atoms with Gasteiger partial charge in [0.15, 0.2) is 0 Å². The highest BCUT2D eigenvalue weighted by Crippen LogP contribution is 2.58. The van der Waals surface area contributed by atoms with Gasteiger partial charge in [0.1, 0.15) is 6.10 Å². The molecule has 2 atom stereocenters. The first-order valence-electron chi connectivity index (χ1n) is 4.50. The average Bonchev–Trinajstić information content (AvgIpc) is 2.71. The van der Waals surface area contributed by atoms with Crippen LogP contribution in [0.4, 0.5) is 0 Å². The molecular weight excluding hydrogens is 156 g/mol. The van der Waals surface area contributed by atoms with Gasteiger partial charge in [-0.05, 0) is 25.7 Å². The van der Waals surface area contributed by atoms with E-state index in [1.807, 2.05) is 0 Å². The van der Waals surface area contributed by atoms with Gasteiger partial charge >= 0.3 is 5.97 Å². The third kappa shape index (κ3) is 1.04. The smallest absolute Gasteiger partial charge is 0.302 e. The molecule has 2 saturated carbocycles. The molecule has 0 amide bonds. The summed E-state index contributed by atoms with van der Waals surface area (Å²) in [6.07, 6.45) is 3.42. The van der Waals surface area contributed by atoms with Gasteiger partial charge in [-0.1, -0.05) is 0 Å². The fourth-order valence-corrected chi connectivity index (χ4v) is 2.27. The molecule has 2 rings (SSSR count). The molecular formula is C9H14O3. The molecule has 0 heterocycles. The predicted octanol–water partition coefficient (Wildman–Crippen LogP) is 0.853. The van der Waals surface area contributed by atoms with Crippen LogP contribution >= 0.6 is 0 Å². The molecule has 1 N–H and O–H groups in total. The lowest BCUT2D eigenvalue weighted by molar-refractivity contribution is -0.149. The SMILES string of the molecule is CC(=O)OC1CCC(O)C12CC2. The van der Waals surface area contributed by atoms with Crippen LogP contribution in [0.2, 0.25) is 0 Å². The Hall–Kier alpha value is -0.570. The van der Waals surface area contributed by atoms with Gasteiger partial charge in [0, 0.05) is 12.3 Å². The Bertz CT molecular complexity index is 208. The van der Waals surface area contributed by atoms with E-state index in [0.717, 1.165) is 25.7 Å². The minimum absolute atomic E-state index is 0.00926. The molecule has 0 aliphatic heterocycles. The van der Waals surface area contributed by atoms with E-state index in [-0.39, 0.29) is 23.6 Å². The number of carbonyl (C=O) groups is 1. The van der Waals surface area contributed by atoms with Crippen molar-refractivity contribution >= 4 is 5.97 Å². The lowest BCUT2D eigenvalue weighted by Crippen LogP contribution is -2.28. The van der Waals surface area contributed by atoms with Crippen LogP contribution in [-0.4, -0.2) is 23.3 Å². The third-order valence-corrected chi connectivity index (χ3v) is 3.14. The first-order chi connectivity index (χ1) is 5.65. The van der Waals surface area contributed by atoms with Crippen LogP contribution in [0.15, 0.2) is 0 Å². The van der Waals surface area contributed by atoms with Crippen molar-refractivity contribution in [1.29, 1.82) is 0 Å². The molecule has 1 spiro atoms. The number of aliphatic hydroxyl groups is 1. The van der Waals surface area contributed by atoms with Crippen molar-refractivity contribution < 1.29 is 14.6 Å². The number of hydrogen-bond acceptors (Lipinski definition) is 3. The van der Waals surface area contributed by atoms with E-state index in [2.05, 4.69) is 0 Å². The molecule has 12 heavy (non-hydrogen) atoms. The summed E-state index contributed by atoms with van der Waals surface area (Å²) in [6.45, 7) is 1.43. The van der Waals surface area contributed by atoms with Crippen molar-refractivity contribution in [3.05, 3.63) is 0 Å². The zero-order chi connectivity index (χ0) is 8.77. The van der Waals surface area contributed by atoms with E-state index in [4.69, 9.17) is 4.74 Å². The van der Waals surface area contributed by atoms with Gasteiger partial charge in [-0.3, -0.25) is 4.79 Å². The predicted molar refractivity (Wildman–Crippen MR) is 42.5 cm³/mol. The molecule has 0 aromatic rings. The Labute approximate surface area is 71.7 Å². The Balaban J connectivity index is 2.03. The standard InChI is InChI=1S/C9H14O3/c1-6(10)12-8-3-2-7(11)9(8)4-5-9/h7-8,11H,2-5H2,1H3. The number of hydrogen-bond donors (Lipinski definition) is 1. The van der Waals surface area contributed by atoms with E-state index in [1.54, 1.807) is 0 Å². The number of esters is 1. The fraction of sp³-hybridized carbons (Fsp3) is 0.889. The Kier molecular flexibility index (Phi) is 1.65. The van der Waals surface area contributed by atoms with Crippen LogP contribution in [0.1, 0.15) is 32.6 Å². The zero-order valence-corrected chi connectivity index (χ0v) is 7.25. The van der Waals surface area contributed by atoms with Gasteiger partial charge < -0.3 is 9.84 Å². The van der Waals surface area contributed by atoms with Gasteiger partial charge in [0.25, 0.3) is 0 Å². The van der Waals surface area contributed by atoms with Crippen molar-refractivity contribution in [2.24, 2.45) is 5.41 Å². The van der Waals surface area contributed by atoms with Gasteiger partial charge in [-0.15, -0.1) is 0 Å². The molecule has 3 nitrogen and oxygen atoms in total. The molecule has 2 aliphatic carbocycles.